The topological polar surface area (TPSA) is 31.9 Å². The van der Waals surface area contributed by atoms with Crippen LogP contribution in [0.1, 0.15) is 18.9 Å². The van der Waals surface area contributed by atoms with Gasteiger partial charge < -0.3 is 4.98 Å². The molecule has 88 valence electrons. The molecule has 2 aromatic rings. The van der Waals surface area contributed by atoms with Gasteiger partial charge in [-0.05, 0) is 31.0 Å². The summed E-state index contributed by atoms with van der Waals surface area (Å²) in [7, 11) is 0. The standard InChI is InChI=1S/C14H17N3/c1-11-4-7-17(8-5-11)10-12-9-16-14-13(12)3-2-6-15-14/h2-4,6,9H,5,7-8,10H2,1H3,(H,15,16). The van der Waals surface area contributed by atoms with Gasteiger partial charge in [0.1, 0.15) is 5.65 Å². The first-order chi connectivity index (χ1) is 8.33. The molecular weight excluding hydrogens is 210 g/mol. The summed E-state index contributed by atoms with van der Waals surface area (Å²) in [5, 5.41) is 1.25. The maximum atomic E-state index is 4.32. The van der Waals surface area contributed by atoms with Crippen molar-refractivity contribution in [3.05, 3.63) is 41.7 Å². The summed E-state index contributed by atoms with van der Waals surface area (Å²) in [6.45, 7) is 5.45. The van der Waals surface area contributed by atoms with E-state index in [9.17, 15) is 0 Å². The molecule has 0 fully saturated rings. The molecule has 3 nitrogen and oxygen atoms in total. The number of pyridine rings is 1. The zero-order chi connectivity index (χ0) is 11.7. The van der Waals surface area contributed by atoms with E-state index in [1.807, 2.05) is 12.3 Å². The summed E-state index contributed by atoms with van der Waals surface area (Å²) in [5.74, 6) is 0. The van der Waals surface area contributed by atoms with Gasteiger partial charge in [0, 0.05) is 37.4 Å². The van der Waals surface area contributed by atoms with Crippen molar-refractivity contribution in [3.8, 4) is 0 Å². The predicted octanol–water partition coefficient (Wildman–Crippen LogP) is 2.71. The van der Waals surface area contributed by atoms with E-state index in [1.54, 1.807) is 0 Å². The van der Waals surface area contributed by atoms with Crippen molar-refractivity contribution in [3.63, 3.8) is 0 Å². The molecule has 3 heterocycles. The van der Waals surface area contributed by atoms with Crippen LogP contribution >= 0.6 is 0 Å². The predicted molar refractivity (Wildman–Crippen MR) is 69.7 cm³/mol. The summed E-state index contributed by atoms with van der Waals surface area (Å²) >= 11 is 0. The lowest BCUT2D eigenvalue weighted by Gasteiger charge is -2.24. The zero-order valence-corrected chi connectivity index (χ0v) is 10.1. The van der Waals surface area contributed by atoms with E-state index in [-0.39, 0.29) is 0 Å². The normalized spacial score (nSPS) is 17.4. The van der Waals surface area contributed by atoms with Gasteiger partial charge in [0.15, 0.2) is 0 Å². The summed E-state index contributed by atoms with van der Waals surface area (Å²) in [5.41, 5.74) is 3.86. The molecule has 2 aromatic heterocycles. The van der Waals surface area contributed by atoms with E-state index in [0.29, 0.717) is 0 Å². The van der Waals surface area contributed by atoms with E-state index in [1.165, 1.54) is 22.9 Å². The molecule has 17 heavy (non-hydrogen) atoms. The third kappa shape index (κ3) is 2.11. The second-order valence-corrected chi connectivity index (χ2v) is 4.75. The monoisotopic (exact) mass is 227 g/mol. The van der Waals surface area contributed by atoms with Crippen LogP contribution in [0.5, 0.6) is 0 Å². The molecule has 0 spiro atoms. The van der Waals surface area contributed by atoms with Gasteiger partial charge in [-0.3, -0.25) is 4.90 Å². The molecule has 0 atom stereocenters. The molecule has 1 aliphatic heterocycles. The smallest absolute Gasteiger partial charge is 0.137 e. The first-order valence-electron chi connectivity index (χ1n) is 6.12. The summed E-state index contributed by atoms with van der Waals surface area (Å²) in [6.07, 6.45) is 7.44. The Kier molecular flexibility index (Phi) is 2.69. The Labute approximate surface area is 101 Å². The molecule has 1 N–H and O–H groups in total. The molecule has 0 saturated heterocycles. The molecule has 0 saturated carbocycles. The highest BCUT2D eigenvalue weighted by molar-refractivity contribution is 5.79. The number of hydrogen-bond donors (Lipinski definition) is 1. The van der Waals surface area contributed by atoms with Crippen molar-refractivity contribution in [1.82, 2.24) is 14.9 Å². The van der Waals surface area contributed by atoms with E-state index in [2.05, 4.69) is 40.1 Å². The molecule has 0 aromatic carbocycles. The fourth-order valence-electron chi connectivity index (χ4n) is 2.34. The lowest BCUT2D eigenvalue weighted by atomic mass is 10.1. The van der Waals surface area contributed by atoms with Crippen LogP contribution in [0.2, 0.25) is 0 Å². The largest absolute Gasteiger partial charge is 0.346 e. The first kappa shape index (κ1) is 10.5. The Morgan fingerprint density at radius 3 is 3.24 bits per heavy atom. The molecule has 0 bridgehead atoms. The van der Waals surface area contributed by atoms with Gasteiger partial charge in [-0.1, -0.05) is 11.6 Å². The highest BCUT2D eigenvalue weighted by Gasteiger charge is 2.12. The minimum Gasteiger partial charge on any atom is -0.346 e. The average molecular weight is 227 g/mol. The molecule has 3 rings (SSSR count). The molecule has 0 radical (unpaired) electrons. The van der Waals surface area contributed by atoms with Crippen LogP contribution in [0.3, 0.4) is 0 Å². The number of nitrogens with zero attached hydrogens (tertiary/aromatic N) is 2. The van der Waals surface area contributed by atoms with Crippen molar-refractivity contribution in [2.24, 2.45) is 0 Å². The van der Waals surface area contributed by atoms with Gasteiger partial charge in [0.2, 0.25) is 0 Å². The van der Waals surface area contributed by atoms with Crippen molar-refractivity contribution in [2.45, 2.75) is 19.9 Å². The molecule has 0 unspecified atom stereocenters. The molecule has 0 aliphatic carbocycles. The number of fused-ring (bicyclic) bond motifs is 1. The number of aromatic amines is 1. The van der Waals surface area contributed by atoms with Crippen LogP contribution in [-0.4, -0.2) is 28.0 Å². The van der Waals surface area contributed by atoms with Gasteiger partial charge in [-0.25, -0.2) is 4.98 Å². The number of hydrogen-bond acceptors (Lipinski definition) is 2. The average Bonchev–Trinajstić information content (AvgIpc) is 2.76. The second kappa shape index (κ2) is 4.34. The van der Waals surface area contributed by atoms with Crippen molar-refractivity contribution in [1.29, 1.82) is 0 Å². The highest BCUT2D eigenvalue weighted by Crippen LogP contribution is 2.19. The minimum atomic E-state index is 0.992. The molecular formula is C14H17N3. The van der Waals surface area contributed by atoms with Crippen molar-refractivity contribution < 1.29 is 0 Å². The number of nitrogens with one attached hydrogen (secondary N) is 1. The number of rotatable bonds is 2. The van der Waals surface area contributed by atoms with Crippen LogP contribution in [-0.2, 0) is 6.54 Å². The molecule has 0 amide bonds. The number of aromatic nitrogens is 2. The Hall–Kier alpha value is -1.61. The highest BCUT2D eigenvalue weighted by atomic mass is 15.1. The maximum absolute atomic E-state index is 4.32. The zero-order valence-electron chi connectivity index (χ0n) is 10.1. The van der Waals surface area contributed by atoms with E-state index in [0.717, 1.165) is 25.3 Å². The van der Waals surface area contributed by atoms with Crippen molar-refractivity contribution in [2.75, 3.05) is 13.1 Å². The first-order valence-corrected chi connectivity index (χ1v) is 6.12. The fraction of sp³-hybridized carbons (Fsp3) is 0.357. The van der Waals surface area contributed by atoms with Gasteiger partial charge in [-0.2, -0.15) is 0 Å². The Balaban J connectivity index is 1.81. The quantitative estimate of drug-likeness (QED) is 0.800. The van der Waals surface area contributed by atoms with Crippen molar-refractivity contribution >= 4 is 11.0 Å². The van der Waals surface area contributed by atoms with E-state index >= 15 is 0 Å². The molecule has 3 heteroatoms. The SMILES string of the molecule is CC1=CCN(Cc2c[nH]c3ncccc23)CC1. The number of H-pyrrole nitrogens is 1. The van der Waals surface area contributed by atoms with Crippen LogP contribution < -0.4 is 0 Å². The van der Waals surface area contributed by atoms with Gasteiger partial charge in [0.25, 0.3) is 0 Å². The van der Waals surface area contributed by atoms with Gasteiger partial charge in [-0.15, -0.1) is 0 Å². The summed E-state index contributed by atoms with van der Waals surface area (Å²) in [6, 6.07) is 4.14. The third-order valence-corrected chi connectivity index (χ3v) is 3.45. The summed E-state index contributed by atoms with van der Waals surface area (Å²) < 4.78 is 0. The third-order valence-electron chi connectivity index (χ3n) is 3.45. The lowest BCUT2D eigenvalue weighted by molar-refractivity contribution is 0.287. The minimum absolute atomic E-state index is 0.992. The van der Waals surface area contributed by atoms with E-state index in [4.69, 9.17) is 0 Å². The van der Waals surface area contributed by atoms with Gasteiger partial charge in [0.05, 0.1) is 0 Å². The molecule has 1 aliphatic rings. The Morgan fingerprint density at radius 2 is 2.41 bits per heavy atom. The van der Waals surface area contributed by atoms with Crippen LogP contribution in [0, 0.1) is 0 Å². The second-order valence-electron chi connectivity index (χ2n) is 4.75. The Morgan fingerprint density at radius 1 is 1.47 bits per heavy atom. The van der Waals surface area contributed by atoms with Gasteiger partial charge >= 0.3 is 0 Å². The van der Waals surface area contributed by atoms with Crippen LogP contribution in [0.25, 0.3) is 11.0 Å². The lowest BCUT2D eigenvalue weighted by Crippen LogP contribution is -2.27. The van der Waals surface area contributed by atoms with E-state index < -0.39 is 0 Å². The maximum Gasteiger partial charge on any atom is 0.137 e. The van der Waals surface area contributed by atoms with Crippen LogP contribution in [0.15, 0.2) is 36.2 Å². The Bertz CT molecular complexity index is 553. The summed E-state index contributed by atoms with van der Waals surface area (Å²) in [4.78, 5) is 10.0. The van der Waals surface area contributed by atoms with Crippen LogP contribution in [0.4, 0.5) is 0 Å². The fourth-order valence-corrected chi connectivity index (χ4v) is 2.34.